The molecule has 1 heterocycles. The van der Waals surface area contributed by atoms with Crippen LogP contribution in [-0.4, -0.2) is 42.0 Å². The Labute approximate surface area is 92.2 Å². The highest BCUT2D eigenvalue weighted by molar-refractivity contribution is 5.85. The van der Waals surface area contributed by atoms with E-state index in [4.69, 9.17) is 5.73 Å². The number of nitrogens with zero attached hydrogens (tertiary/aromatic N) is 1. The van der Waals surface area contributed by atoms with Gasteiger partial charge in [0.2, 0.25) is 5.91 Å². The molecular formula is C11H23N3O. The van der Waals surface area contributed by atoms with Gasteiger partial charge in [0.05, 0.1) is 5.54 Å². The van der Waals surface area contributed by atoms with Gasteiger partial charge in [-0.1, -0.05) is 0 Å². The first-order chi connectivity index (χ1) is 6.91. The van der Waals surface area contributed by atoms with Crippen LogP contribution in [0.4, 0.5) is 0 Å². The van der Waals surface area contributed by atoms with Crippen LogP contribution in [0.5, 0.6) is 0 Å². The maximum absolute atomic E-state index is 11.5. The summed E-state index contributed by atoms with van der Waals surface area (Å²) in [6.45, 7) is 8.60. The van der Waals surface area contributed by atoms with Crippen molar-refractivity contribution >= 4 is 5.91 Å². The maximum atomic E-state index is 11.5. The number of nitrogens with one attached hydrogen (secondary N) is 1. The number of hydrogen-bond acceptors (Lipinski definition) is 3. The van der Waals surface area contributed by atoms with E-state index in [-0.39, 0.29) is 5.91 Å². The van der Waals surface area contributed by atoms with E-state index in [1.165, 1.54) is 12.8 Å². The Kier molecular flexibility index (Phi) is 4.11. The third-order valence-electron chi connectivity index (χ3n) is 2.91. The zero-order valence-electron chi connectivity index (χ0n) is 10.0. The van der Waals surface area contributed by atoms with Gasteiger partial charge in [0.15, 0.2) is 0 Å². The molecule has 1 aliphatic rings. The number of carbonyl (C=O) groups is 1. The summed E-state index contributed by atoms with van der Waals surface area (Å²) >= 11 is 0. The summed E-state index contributed by atoms with van der Waals surface area (Å²) in [5.41, 5.74) is 4.92. The third kappa shape index (κ3) is 3.80. The number of hydrogen-bond donors (Lipinski definition) is 2. The van der Waals surface area contributed by atoms with Gasteiger partial charge in [-0.25, -0.2) is 0 Å². The van der Waals surface area contributed by atoms with Gasteiger partial charge in [0.25, 0.3) is 0 Å². The number of rotatable bonds is 4. The summed E-state index contributed by atoms with van der Waals surface area (Å²) in [4.78, 5) is 13.9. The standard InChI is InChI=1S/C11H23N3O/c1-9(14-6-4-5-7-14)8-13-10(15)11(2,3)12/h9H,4-8,12H2,1-3H3,(H,13,15). The van der Waals surface area contributed by atoms with Gasteiger partial charge in [0.1, 0.15) is 0 Å². The van der Waals surface area contributed by atoms with Gasteiger partial charge < -0.3 is 11.1 Å². The summed E-state index contributed by atoms with van der Waals surface area (Å²) in [7, 11) is 0. The second-order valence-electron chi connectivity index (χ2n) is 5.02. The molecule has 0 bridgehead atoms. The number of carbonyl (C=O) groups excluding carboxylic acids is 1. The molecule has 4 nitrogen and oxygen atoms in total. The van der Waals surface area contributed by atoms with Crippen molar-refractivity contribution in [2.45, 2.75) is 45.2 Å². The highest BCUT2D eigenvalue weighted by atomic mass is 16.2. The van der Waals surface area contributed by atoms with E-state index in [0.717, 1.165) is 13.1 Å². The van der Waals surface area contributed by atoms with Crippen LogP contribution in [0.15, 0.2) is 0 Å². The molecule has 0 saturated carbocycles. The van der Waals surface area contributed by atoms with Crippen molar-refractivity contribution in [1.29, 1.82) is 0 Å². The second kappa shape index (κ2) is 4.94. The molecule has 0 aromatic rings. The molecule has 1 fully saturated rings. The van der Waals surface area contributed by atoms with Crippen molar-refractivity contribution in [1.82, 2.24) is 10.2 Å². The van der Waals surface area contributed by atoms with Gasteiger partial charge >= 0.3 is 0 Å². The fraction of sp³-hybridized carbons (Fsp3) is 0.909. The average Bonchev–Trinajstić information content (AvgIpc) is 2.64. The van der Waals surface area contributed by atoms with Crippen LogP contribution < -0.4 is 11.1 Å². The lowest BCUT2D eigenvalue weighted by molar-refractivity contribution is -0.125. The second-order valence-corrected chi connectivity index (χ2v) is 5.02. The monoisotopic (exact) mass is 213 g/mol. The minimum absolute atomic E-state index is 0.0754. The molecule has 0 aliphatic carbocycles. The Bertz CT molecular complexity index is 216. The first kappa shape index (κ1) is 12.5. The van der Waals surface area contributed by atoms with Crippen LogP contribution in [0.1, 0.15) is 33.6 Å². The quantitative estimate of drug-likeness (QED) is 0.707. The van der Waals surface area contributed by atoms with Crippen LogP contribution in [0.2, 0.25) is 0 Å². The van der Waals surface area contributed by atoms with Crippen LogP contribution in [-0.2, 0) is 4.79 Å². The molecule has 15 heavy (non-hydrogen) atoms. The van der Waals surface area contributed by atoms with Crippen molar-refractivity contribution < 1.29 is 4.79 Å². The fourth-order valence-corrected chi connectivity index (χ4v) is 1.78. The van der Waals surface area contributed by atoms with Crippen LogP contribution in [0, 0.1) is 0 Å². The molecule has 0 aromatic carbocycles. The van der Waals surface area contributed by atoms with Gasteiger partial charge in [-0.2, -0.15) is 0 Å². The topological polar surface area (TPSA) is 58.4 Å². The first-order valence-electron chi connectivity index (χ1n) is 5.72. The van der Waals surface area contributed by atoms with E-state index >= 15 is 0 Å². The minimum atomic E-state index is -0.773. The number of nitrogens with two attached hydrogens (primary N) is 1. The van der Waals surface area contributed by atoms with Crippen molar-refractivity contribution in [3.8, 4) is 0 Å². The fourth-order valence-electron chi connectivity index (χ4n) is 1.78. The Morgan fingerprint density at radius 2 is 2.00 bits per heavy atom. The molecule has 1 saturated heterocycles. The van der Waals surface area contributed by atoms with E-state index in [1.807, 2.05) is 0 Å². The highest BCUT2D eigenvalue weighted by Gasteiger charge is 2.23. The largest absolute Gasteiger partial charge is 0.353 e. The maximum Gasteiger partial charge on any atom is 0.239 e. The molecule has 0 radical (unpaired) electrons. The summed E-state index contributed by atoms with van der Waals surface area (Å²) in [6.07, 6.45) is 2.56. The summed E-state index contributed by atoms with van der Waals surface area (Å²) in [5, 5.41) is 2.89. The highest BCUT2D eigenvalue weighted by Crippen LogP contribution is 2.10. The van der Waals surface area contributed by atoms with Crippen molar-refractivity contribution in [3.05, 3.63) is 0 Å². The third-order valence-corrected chi connectivity index (χ3v) is 2.91. The molecule has 1 aliphatic heterocycles. The van der Waals surface area contributed by atoms with Crippen molar-refractivity contribution in [3.63, 3.8) is 0 Å². The van der Waals surface area contributed by atoms with Crippen LogP contribution >= 0.6 is 0 Å². The van der Waals surface area contributed by atoms with E-state index in [2.05, 4.69) is 17.1 Å². The van der Waals surface area contributed by atoms with E-state index in [9.17, 15) is 4.79 Å². The molecule has 0 spiro atoms. The zero-order valence-corrected chi connectivity index (χ0v) is 10.0. The van der Waals surface area contributed by atoms with Crippen molar-refractivity contribution in [2.24, 2.45) is 5.73 Å². The molecule has 0 aromatic heterocycles. The van der Waals surface area contributed by atoms with Gasteiger partial charge in [-0.3, -0.25) is 9.69 Å². The molecule has 88 valence electrons. The SMILES string of the molecule is CC(CNC(=O)C(C)(C)N)N1CCCC1. The zero-order chi connectivity index (χ0) is 11.5. The normalized spacial score (nSPS) is 20.3. The lowest BCUT2D eigenvalue weighted by atomic mass is 10.1. The van der Waals surface area contributed by atoms with E-state index < -0.39 is 5.54 Å². The molecule has 1 atom stereocenters. The summed E-state index contributed by atoms with van der Waals surface area (Å²) < 4.78 is 0. The number of amides is 1. The molecular weight excluding hydrogens is 190 g/mol. The van der Waals surface area contributed by atoms with Gasteiger partial charge in [-0.05, 0) is 46.7 Å². The minimum Gasteiger partial charge on any atom is -0.353 e. The van der Waals surface area contributed by atoms with Gasteiger partial charge in [0, 0.05) is 12.6 Å². The molecule has 3 N–H and O–H groups in total. The average molecular weight is 213 g/mol. The Hall–Kier alpha value is -0.610. The number of likely N-dealkylation sites (tertiary alicyclic amines) is 1. The predicted octanol–water partition coefficient (Wildman–Crippen LogP) is 0.324. The summed E-state index contributed by atoms with van der Waals surface area (Å²) in [6, 6.07) is 0.416. The Morgan fingerprint density at radius 1 is 1.47 bits per heavy atom. The predicted molar refractivity (Wildman–Crippen MR) is 61.5 cm³/mol. The molecule has 1 amide bonds. The molecule has 4 heteroatoms. The molecule has 1 unspecified atom stereocenters. The summed E-state index contributed by atoms with van der Waals surface area (Å²) in [5.74, 6) is -0.0754. The first-order valence-corrected chi connectivity index (χ1v) is 5.72. The van der Waals surface area contributed by atoms with Crippen LogP contribution in [0.25, 0.3) is 0 Å². The Morgan fingerprint density at radius 3 is 2.47 bits per heavy atom. The van der Waals surface area contributed by atoms with Crippen LogP contribution in [0.3, 0.4) is 0 Å². The lowest BCUT2D eigenvalue weighted by Crippen LogP contribution is -2.52. The Balaban J connectivity index is 2.27. The lowest BCUT2D eigenvalue weighted by Gasteiger charge is -2.25. The molecule has 1 rings (SSSR count). The van der Waals surface area contributed by atoms with E-state index in [0.29, 0.717) is 12.6 Å². The smallest absolute Gasteiger partial charge is 0.239 e. The van der Waals surface area contributed by atoms with Crippen molar-refractivity contribution in [2.75, 3.05) is 19.6 Å². The van der Waals surface area contributed by atoms with E-state index in [1.54, 1.807) is 13.8 Å². The van der Waals surface area contributed by atoms with Gasteiger partial charge in [-0.15, -0.1) is 0 Å².